The van der Waals surface area contributed by atoms with Gasteiger partial charge in [0.2, 0.25) is 0 Å². The maximum Gasteiger partial charge on any atom is 0.254 e. The largest absolute Gasteiger partial charge is 0.338 e. The molecule has 1 heterocycles. The first kappa shape index (κ1) is 14.5. The van der Waals surface area contributed by atoms with Crippen molar-refractivity contribution in [2.45, 2.75) is 25.8 Å². The van der Waals surface area contributed by atoms with Gasteiger partial charge < -0.3 is 10.6 Å². The SMILES string of the molecule is C[C@H](N)[C@H]1CCCN(C(=O)c2cc(F)cc(Br)c2)C1. The van der Waals surface area contributed by atoms with Crippen molar-refractivity contribution in [3.63, 3.8) is 0 Å². The van der Waals surface area contributed by atoms with E-state index in [9.17, 15) is 9.18 Å². The highest BCUT2D eigenvalue weighted by Gasteiger charge is 2.26. The molecule has 1 amide bonds. The van der Waals surface area contributed by atoms with Gasteiger partial charge in [0.25, 0.3) is 5.91 Å². The Labute approximate surface area is 121 Å². The van der Waals surface area contributed by atoms with Gasteiger partial charge >= 0.3 is 0 Å². The normalized spacial score (nSPS) is 21.3. The first-order chi connectivity index (χ1) is 8.97. The van der Waals surface area contributed by atoms with E-state index in [-0.39, 0.29) is 11.9 Å². The molecule has 1 aliphatic heterocycles. The zero-order chi connectivity index (χ0) is 14.0. The van der Waals surface area contributed by atoms with Crippen molar-refractivity contribution in [2.75, 3.05) is 13.1 Å². The predicted octanol–water partition coefficient (Wildman–Crippen LogP) is 2.79. The number of halogens is 2. The number of piperidine rings is 1. The highest BCUT2D eigenvalue weighted by Crippen LogP contribution is 2.22. The van der Waals surface area contributed by atoms with Gasteiger partial charge in [-0.25, -0.2) is 4.39 Å². The lowest BCUT2D eigenvalue weighted by molar-refractivity contribution is 0.0660. The third-order valence-corrected chi connectivity index (χ3v) is 4.06. The molecule has 0 bridgehead atoms. The molecule has 1 aliphatic rings. The average molecular weight is 329 g/mol. The van der Waals surface area contributed by atoms with Crippen molar-refractivity contribution in [2.24, 2.45) is 11.7 Å². The smallest absolute Gasteiger partial charge is 0.254 e. The number of hydrogen-bond donors (Lipinski definition) is 1. The Hall–Kier alpha value is -0.940. The van der Waals surface area contributed by atoms with Crippen LogP contribution in [0.2, 0.25) is 0 Å². The molecular weight excluding hydrogens is 311 g/mol. The van der Waals surface area contributed by atoms with E-state index in [0.717, 1.165) is 19.4 Å². The molecule has 1 aromatic carbocycles. The van der Waals surface area contributed by atoms with Crippen LogP contribution in [0.3, 0.4) is 0 Å². The van der Waals surface area contributed by atoms with Crippen molar-refractivity contribution < 1.29 is 9.18 Å². The van der Waals surface area contributed by atoms with Gasteiger partial charge in [-0.2, -0.15) is 0 Å². The van der Waals surface area contributed by atoms with E-state index >= 15 is 0 Å². The van der Waals surface area contributed by atoms with Crippen molar-refractivity contribution in [1.29, 1.82) is 0 Å². The molecule has 2 N–H and O–H groups in total. The summed E-state index contributed by atoms with van der Waals surface area (Å²) in [7, 11) is 0. The Kier molecular flexibility index (Phi) is 4.58. The van der Waals surface area contributed by atoms with Gasteiger partial charge in [0.15, 0.2) is 0 Å². The van der Waals surface area contributed by atoms with E-state index in [1.54, 1.807) is 11.0 Å². The van der Waals surface area contributed by atoms with E-state index in [4.69, 9.17) is 5.73 Å². The quantitative estimate of drug-likeness (QED) is 0.907. The number of nitrogens with zero attached hydrogens (tertiary/aromatic N) is 1. The van der Waals surface area contributed by atoms with Crippen LogP contribution in [0.5, 0.6) is 0 Å². The first-order valence-electron chi connectivity index (χ1n) is 6.48. The van der Waals surface area contributed by atoms with Crippen molar-refractivity contribution in [1.82, 2.24) is 4.90 Å². The molecule has 0 radical (unpaired) electrons. The van der Waals surface area contributed by atoms with Crippen LogP contribution >= 0.6 is 15.9 Å². The van der Waals surface area contributed by atoms with Gasteiger partial charge in [0, 0.05) is 29.2 Å². The van der Waals surface area contributed by atoms with Gasteiger partial charge in [0.1, 0.15) is 5.82 Å². The Morgan fingerprint density at radius 2 is 2.26 bits per heavy atom. The highest BCUT2D eigenvalue weighted by molar-refractivity contribution is 9.10. The predicted molar refractivity (Wildman–Crippen MR) is 76.4 cm³/mol. The van der Waals surface area contributed by atoms with Crippen LogP contribution in [-0.4, -0.2) is 29.9 Å². The van der Waals surface area contributed by atoms with Gasteiger partial charge in [0.05, 0.1) is 0 Å². The molecule has 1 saturated heterocycles. The second-order valence-corrected chi connectivity index (χ2v) is 6.09. The molecular formula is C14H18BrFN2O. The van der Waals surface area contributed by atoms with E-state index in [1.165, 1.54) is 12.1 Å². The molecule has 2 atom stereocenters. The topological polar surface area (TPSA) is 46.3 Å². The maximum atomic E-state index is 13.3. The zero-order valence-electron chi connectivity index (χ0n) is 10.9. The lowest BCUT2D eigenvalue weighted by atomic mass is 9.92. The molecule has 19 heavy (non-hydrogen) atoms. The third-order valence-electron chi connectivity index (χ3n) is 3.60. The number of likely N-dealkylation sites (tertiary alicyclic amines) is 1. The summed E-state index contributed by atoms with van der Waals surface area (Å²) in [5.41, 5.74) is 6.30. The van der Waals surface area contributed by atoms with Gasteiger partial charge in [-0.1, -0.05) is 15.9 Å². The maximum absolute atomic E-state index is 13.3. The second kappa shape index (κ2) is 6.01. The van der Waals surface area contributed by atoms with E-state index < -0.39 is 5.82 Å². The second-order valence-electron chi connectivity index (χ2n) is 5.17. The highest BCUT2D eigenvalue weighted by atomic mass is 79.9. The monoisotopic (exact) mass is 328 g/mol. The molecule has 5 heteroatoms. The van der Waals surface area contributed by atoms with E-state index in [1.807, 2.05) is 6.92 Å². The molecule has 1 fully saturated rings. The number of hydrogen-bond acceptors (Lipinski definition) is 2. The lowest BCUT2D eigenvalue weighted by Crippen LogP contribution is -2.45. The molecule has 0 aromatic heterocycles. The third kappa shape index (κ3) is 3.54. The number of nitrogens with two attached hydrogens (primary N) is 1. The minimum absolute atomic E-state index is 0.0786. The molecule has 0 aliphatic carbocycles. The molecule has 3 nitrogen and oxygen atoms in total. The molecule has 2 rings (SSSR count). The van der Waals surface area contributed by atoms with Crippen LogP contribution in [0.4, 0.5) is 4.39 Å². The number of rotatable bonds is 2. The number of carbonyl (C=O) groups is 1. The van der Waals surface area contributed by atoms with Crippen molar-refractivity contribution in [3.8, 4) is 0 Å². The summed E-state index contributed by atoms with van der Waals surface area (Å²) in [5.74, 6) is -0.196. The summed E-state index contributed by atoms with van der Waals surface area (Å²) in [6, 6.07) is 4.36. The fourth-order valence-electron chi connectivity index (χ4n) is 2.48. The standard InChI is InChI=1S/C14H18BrFN2O/c1-9(17)10-3-2-4-18(8-10)14(19)11-5-12(15)7-13(16)6-11/h5-7,9-10H,2-4,8,17H2,1H3/t9-,10-/m0/s1. The molecule has 0 saturated carbocycles. The van der Waals surface area contributed by atoms with Crippen LogP contribution in [0.15, 0.2) is 22.7 Å². The summed E-state index contributed by atoms with van der Waals surface area (Å²) in [5, 5.41) is 0. The number of benzene rings is 1. The summed E-state index contributed by atoms with van der Waals surface area (Å²) in [6.45, 7) is 3.35. The summed E-state index contributed by atoms with van der Waals surface area (Å²) < 4.78 is 13.9. The molecule has 1 aromatic rings. The Morgan fingerprint density at radius 1 is 1.53 bits per heavy atom. The molecule has 104 valence electrons. The summed E-state index contributed by atoms with van der Waals surface area (Å²) in [4.78, 5) is 14.1. The van der Waals surface area contributed by atoms with Crippen LogP contribution < -0.4 is 5.73 Å². The van der Waals surface area contributed by atoms with E-state index in [0.29, 0.717) is 22.5 Å². The first-order valence-corrected chi connectivity index (χ1v) is 7.27. The average Bonchev–Trinajstić information content (AvgIpc) is 2.37. The zero-order valence-corrected chi connectivity index (χ0v) is 12.5. The lowest BCUT2D eigenvalue weighted by Gasteiger charge is -2.34. The van der Waals surface area contributed by atoms with Crippen LogP contribution in [0.25, 0.3) is 0 Å². The Morgan fingerprint density at radius 3 is 2.89 bits per heavy atom. The number of carbonyl (C=O) groups excluding carboxylic acids is 1. The van der Waals surface area contributed by atoms with Gasteiger partial charge in [-0.15, -0.1) is 0 Å². The number of amides is 1. The molecule has 0 spiro atoms. The van der Waals surface area contributed by atoms with Crippen molar-refractivity contribution >= 4 is 21.8 Å². The van der Waals surface area contributed by atoms with Gasteiger partial charge in [-0.3, -0.25) is 4.79 Å². The van der Waals surface area contributed by atoms with Crippen LogP contribution in [0.1, 0.15) is 30.1 Å². The fourth-order valence-corrected chi connectivity index (χ4v) is 2.95. The Bertz CT molecular complexity index is 458. The summed E-state index contributed by atoms with van der Waals surface area (Å²) in [6.07, 6.45) is 2.00. The molecule has 0 unspecified atom stereocenters. The van der Waals surface area contributed by atoms with Gasteiger partial charge in [-0.05, 0) is 43.9 Å². The van der Waals surface area contributed by atoms with Crippen LogP contribution in [-0.2, 0) is 0 Å². The summed E-state index contributed by atoms with van der Waals surface area (Å²) >= 11 is 3.21. The minimum Gasteiger partial charge on any atom is -0.338 e. The van der Waals surface area contributed by atoms with Crippen molar-refractivity contribution in [3.05, 3.63) is 34.1 Å². The Balaban J connectivity index is 2.14. The van der Waals surface area contributed by atoms with Crippen LogP contribution in [0, 0.1) is 11.7 Å². The minimum atomic E-state index is -0.404. The fraction of sp³-hybridized carbons (Fsp3) is 0.500. The van der Waals surface area contributed by atoms with E-state index in [2.05, 4.69) is 15.9 Å².